The van der Waals surface area contributed by atoms with Crippen molar-refractivity contribution in [3.05, 3.63) is 70.8 Å². The SMILES string of the molecule is CCOC(=O)N(Cc1ccccc1C)OCc1ccccc1C. The minimum absolute atomic E-state index is 0.316. The number of benzene rings is 2. The van der Waals surface area contributed by atoms with Crippen LogP contribution in [0.3, 0.4) is 0 Å². The average molecular weight is 313 g/mol. The van der Waals surface area contributed by atoms with E-state index in [1.165, 1.54) is 5.06 Å². The molecule has 0 aliphatic rings. The van der Waals surface area contributed by atoms with Crippen molar-refractivity contribution in [2.24, 2.45) is 0 Å². The Kier molecular flexibility index (Phi) is 6.18. The van der Waals surface area contributed by atoms with Gasteiger partial charge in [-0.3, -0.25) is 4.84 Å². The number of rotatable bonds is 6. The van der Waals surface area contributed by atoms with Gasteiger partial charge in [0.1, 0.15) is 6.61 Å². The zero-order valence-corrected chi connectivity index (χ0v) is 13.9. The predicted octanol–water partition coefficient (Wildman–Crippen LogP) is 4.39. The summed E-state index contributed by atoms with van der Waals surface area (Å²) < 4.78 is 5.10. The van der Waals surface area contributed by atoms with Crippen LogP contribution in [0.1, 0.15) is 29.2 Å². The lowest BCUT2D eigenvalue weighted by Gasteiger charge is -2.22. The highest BCUT2D eigenvalue weighted by molar-refractivity contribution is 5.66. The number of ether oxygens (including phenoxy) is 1. The molecule has 2 aromatic rings. The normalized spacial score (nSPS) is 10.4. The molecule has 4 heteroatoms. The maximum absolute atomic E-state index is 12.1. The van der Waals surface area contributed by atoms with Gasteiger partial charge < -0.3 is 4.74 Å². The largest absolute Gasteiger partial charge is 0.448 e. The summed E-state index contributed by atoms with van der Waals surface area (Å²) in [6, 6.07) is 15.9. The van der Waals surface area contributed by atoms with E-state index < -0.39 is 6.09 Å². The lowest BCUT2D eigenvalue weighted by molar-refractivity contribution is -0.152. The monoisotopic (exact) mass is 313 g/mol. The molecule has 23 heavy (non-hydrogen) atoms. The van der Waals surface area contributed by atoms with Gasteiger partial charge in [-0.15, -0.1) is 0 Å². The van der Waals surface area contributed by atoms with Crippen LogP contribution in [0.5, 0.6) is 0 Å². The maximum atomic E-state index is 12.1. The Morgan fingerprint density at radius 1 is 0.957 bits per heavy atom. The zero-order valence-electron chi connectivity index (χ0n) is 13.9. The van der Waals surface area contributed by atoms with E-state index in [-0.39, 0.29) is 0 Å². The molecule has 2 rings (SSSR count). The minimum Gasteiger partial charge on any atom is -0.448 e. The van der Waals surface area contributed by atoms with E-state index in [9.17, 15) is 4.79 Å². The standard InChI is InChI=1S/C19H23NO3/c1-4-22-19(21)20(13-17-11-7-5-9-15(17)2)23-14-18-12-8-6-10-16(18)3/h5-12H,4,13-14H2,1-3H3. The summed E-state index contributed by atoms with van der Waals surface area (Å²) in [6.07, 6.45) is -0.468. The molecule has 0 fully saturated rings. The van der Waals surface area contributed by atoms with Gasteiger partial charge in [0, 0.05) is 0 Å². The average Bonchev–Trinajstić information content (AvgIpc) is 2.54. The molecular weight excluding hydrogens is 290 g/mol. The lowest BCUT2D eigenvalue weighted by atomic mass is 10.1. The molecule has 0 N–H and O–H groups in total. The Bertz CT molecular complexity index is 655. The summed E-state index contributed by atoms with van der Waals surface area (Å²) in [7, 11) is 0. The van der Waals surface area contributed by atoms with Crippen LogP contribution in [-0.4, -0.2) is 17.8 Å². The summed E-state index contributed by atoms with van der Waals surface area (Å²) in [5, 5.41) is 1.29. The van der Waals surface area contributed by atoms with Crippen molar-refractivity contribution in [1.29, 1.82) is 0 Å². The van der Waals surface area contributed by atoms with Gasteiger partial charge >= 0.3 is 6.09 Å². The van der Waals surface area contributed by atoms with Gasteiger partial charge in [0.15, 0.2) is 0 Å². The topological polar surface area (TPSA) is 38.8 Å². The van der Waals surface area contributed by atoms with Crippen LogP contribution in [0.25, 0.3) is 0 Å². The quantitative estimate of drug-likeness (QED) is 0.742. The first-order valence-corrected chi connectivity index (χ1v) is 7.78. The van der Waals surface area contributed by atoms with E-state index in [0.29, 0.717) is 19.8 Å². The molecule has 0 aliphatic carbocycles. The number of carbonyl (C=O) groups is 1. The number of hydrogen-bond acceptors (Lipinski definition) is 3. The first-order chi connectivity index (χ1) is 11.1. The van der Waals surface area contributed by atoms with Gasteiger partial charge in [-0.1, -0.05) is 48.5 Å². The number of hydroxylamine groups is 2. The van der Waals surface area contributed by atoms with Crippen molar-refractivity contribution in [1.82, 2.24) is 5.06 Å². The molecule has 0 aromatic heterocycles. The summed E-state index contributed by atoms with van der Waals surface area (Å²) >= 11 is 0. The molecule has 0 spiro atoms. The van der Waals surface area contributed by atoms with Gasteiger partial charge in [-0.2, -0.15) is 5.06 Å². The molecule has 0 radical (unpaired) electrons. The number of hydrogen-bond donors (Lipinski definition) is 0. The van der Waals surface area contributed by atoms with Gasteiger partial charge in [0.05, 0.1) is 13.2 Å². The third-order valence-electron chi connectivity index (χ3n) is 3.68. The van der Waals surface area contributed by atoms with Crippen LogP contribution in [-0.2, 0) is 22.7 Å². The number of aryl methyl sites for hydroxylation is 2. The second-order valence-electron chi connectivity index (χ2n) is 5.36. The molecule has 2 aromatic carbocycles. The molecular formula is C19H23NO3. The first-order valence-electron chi connectivity index (χ1n) is 7.78. The van der Waals surface area contributed by atoms with E-state index in [4.69, 9.17) is 9.57 Å². The van der Waals surface area contributed by atoms with E-state index in [2.05, 4.69) is 0 Å². The third-order valence-corrected chi connectivity index (χ3v) is 3.68. The van der Waals surface area contributed by atoms with E-state index >= 15 is 0 Å². The van der Waals surface area contributed by atoms with E-state index in [1.807, 2.05) is 62.4 Å². The smallest absolute Gasteiger partial charge is 0.434 e. The molecule has 1 amide bonds. The number of amides is 1. The second kappa shape index (κ2) is 8.34. The Morgan fingerprint density at radius 3 is 2.09 bits per heavy atom. The summed E-state index contributed by atoms with van der Waals surface area (Å²) in [4.78, 5) is 17.9. The van der Waals surface area contributed by atoms with Crippen LogP contribution in [0, 0.1) is 13.8 Å². The van der Waals surface area contributed by atoms with E-state index in [0.717, 1.165) is 22.3 Å². The molecule has 0 saturated heterocycles. The highest BCUT2D eigenvalue weighted by atomic mass is 16.7. The Morgan fingerprint density at radius 2 is 1.52 bits per heavy atom. The fraction of sp³-hybridized carbons (Fsp3) is 0.316. The molecule has 0 unspecified atom stereocenters. The summed E-state index contributed by atoms with van der Waals surface area (Å²) in [5.41, 5.74) is 4.32. The van der Waals surface area contributed by atoms with Gasteiger partial charge in [-0.25, -0.2) is 4.79 Å². The van der Waals surface area contributed by atoms with Crippen LogP contribution in [0.2, 0.25) is 0 Å². The van der Waals surface area contributed by atoms with Crippen molar-refractivity contribution in [3.8, 4) is 0 Å². The number of nitrogens with zero attached hydrogens (tertiary/aromatic N) is 1. The Hall–Kier alpha value is -2.33. The number of carbonyl (C=O) groups excluding carboxylic acids is 1. The molecule has 4 nitrogen and oxygen atoms in total. The van der Waals surface area contributed by atoms with Crippen molar-refractivity contribution >= 4 is 6.09 Å². The summed E-state index contributed by atoms with van der Waals surface area (Å²) in [5.74, 6) is 0. The Labute approximate surface area is 137 Å². The lowest BCUT2D eigenvalue weighted by Crippen LogP contribution is -2.31. The van der Waals surface area contributed by atoms with Crippen molar-refractivity contribution in [2.75, 3.05) is 6.61 Å². The van der Waals surface area contributed by atoms with Crippen LogP contribution >= 0.6 is 0 Å². The molecule has 0 saturated carbocycles. The molecule has 0 heterocycles. The van der Waals surface area contributed by atoms with Gasteiger partial charge in [0.2, 0.25) is 0 Å². The van der Waals surface area contributed by atoms with Crippen LogP contribution in [0.4, 0.5) is 4.79 Å². The third kappa shape index (κ3) is 4.83. The molecule has 122 valence electrons. The predicted molar refractivity (Wildman–Crippen MR) is 89.7 cm³/mol. The van der Waals surface area contributed by atoms with Crippen LogP contribution < -0.4 is 0 Å². The highest BCUT2D eigenvalue weighted by Crippen LogP contribution is 2.15. The van der Waals surface area contributed by atoms with Crippen molar-refractivity contribution < 1.29 is 14.4 Å². The molecule has 0 atom stereocenters. The molecule has 0 aliphatic heterocycles. The van der Waals surface area contributed by atoms with Crippen molar-refractivity contribution in [3.63, 3.8) is 0 Å². The first kappa shape index (κ1) is 17.0. The van der Waals surface area contributed by atoms with E-state index in [1.54, 1.807) is 6.92 Å². The van der Waals surface area contributed by atoms with Gasteiger partial charge in [-0.05, 0) is 43.0 Å². The minimum atomic E-state index is -0.468. The maximum Gasteiger partial charge on any atom is 0.434 e. The zero-order chi connectivity index (χ0) is 16.7. The van der Waals surface area contributed by atoms with Crippen molar-refractivity contribution in [2.45, 2.75) is 33.9 Å². The molecule has 0 bridgehead atoms. The van der Waals surface area contributed by atoms with Crippen LogP contribution in [0.15, 0.2) is 48.5 Å². The fourth-order valence-corrected chi connectivity index (χ4v) is 2.22. The Balaban J connectivity index is 2.10. The fourth-order valence-electron chi connectivity index (χ4n) is 2.22. The highest BCUT2D eigenvalue weighted by Gasteiger charge is 2.17. The summed E-state index contributed by atoms with van der Waals surface area (Å²) in [6.45, 7) is 6.82. The second-order valence-corrected chi connectivity index (χ2v) is 5.36. The van der Waals surface area contributed by atoms with Gasteiger partial charge in [0.25, 0.3) is 0 Å².